The molecule has 120 valence electrons. The van der Waals surface area contributed by atoms with E-state index in [1.807, 2.05) is 27.8 Å². The molecule has 1 aromatic heterocycles. The smallest absolute Gasteiger partial charge is 0.129 e. The minimum Gasteiger partial charge on any atom is -0.380 e. The summed E-state index contributed by atoms with van der Waals surface area (Å²) in [6.45, 7) is 11.5. The Labute approximate surface area is 128 Å². The molecule has 0 aromatic carbocycles. The number of ether oxygens (including phenoxy) is 2. The number of nitrogens with zero attached hydrogens (tertiary/aromatic N) is 2. The van der Waals surface area contributed by atoms with Crippen LogP contribution in [0.1, 0.15) is 25.1 Å². The third-order valence-electron chi connectivity index (χ3n) is 3.12. The lowest BCUT2D eigenvalue weighted by Gasteiger charge is -2.24. The first kappa shape index (κ1) is 17.9. The topological polar surface area (TPSA) is 46.6 Å². The third kappa shape index (κ3) is 6.89. The second kappa shape index (κ2) is 10.5. The number of aryl methyl sites for hydroxylation is 1. The Kier molecular flexibility index (Phi) is 8.98. The molecular weight excluding hydrogens is 266 g/mol. The monoisotopic (exact) mass is 295 g/mol. The second-order valence-corrected chi connectivity index (χ2v) is 4.89. The molecule has 0 saturated carbocycles. The van der Waals surface area contributed by atoms with E-state index in [9.17, 15) is 0 Å². The molecule has 0 aliphatic rings. The van der Waals surface area contributed by atoms with Crippen molar-refractivity contribution in [1.82, 2.24) is 10.3 Å². The minimum absolute atomic E-state index is 0.708. The number of pyridine rings is 1. The van der Waals surface area contributed by atoms with Crippen LogP contribution in [0.4, 0.5) is 5.82 Å². The molecule has 1 aromatic rings. The van der Waals surface area contributed by atoms with E-state index in [4.69, 9.17) is 9.47 Å². The predicted molar refractivity (Wildman–Crippen MR) is 86.9 cm³/mol. The highest BCUT2D eigenvalue weighted by atomic mass is 16.5. The van der Waals surface area contributed by atoms with Crippen LogP contribution in [0.5, 0.6) is 0 Å². The zero-order valence-electron chi connectivity index (χ0n) is 13.8. The average molecular weight is 295 g/mol. The van der Waals surface area contributed by atoms with Gasteiger partial charge in [-0.15, -0.1) is 0 Å². The molecule has 5 heteroatoms. The molecule has 1 N–H and O–H groups in total. The summed E-state index contributed by atoms with van der Waals surface area (Å²) in [6, 6.07) is 4.25. The van der Waals surface area contributed by atoms with Crippen molar-refractivity contribution < 1.29 is 9.47 Å². The second-order valence-electron chi connectivity index (χ2n) is 4.89. The van der Waals surface area contributed by atoms with Crippen LogP contribution >= 0.6 is 0 Å². The van der Waals surface area contributed by atoms with Gasteiger partial charge < -0.3 is 19.7 Å². The van der Waals surface area contributed by atoms with E-state index < -0.39 is 0 Å². The predicted octanol–water partition coefficient (Wildman–Crippen LogP) is 1.99. The fraction of sp³-hybridized carbons (Fsp3) is 0.688. The summed E-state index contributed by atoms with van der Waals surface area (Å²) in [5, 5.41) is 3.19. The quantitative estimate of drug-likeness (QED) is 0.633. The molecule has 1 heterocycles. The first-order valence-corrected chi connectivity index (χ1v) is 7.73. The van der Waals surface area contributed by atoms with Crippen LogP contribution in [0.2, 0.25) is 0 Å². The lowest BCUT2D eigenvalue weighted by molar-refractivity contribution is 0.141. The van der Waals surface area contributed by atoms with Crippen molar-refractivity contribution in [2.75, 3.05) is 51.5 Å². The van der Waals surface area contributed by atoms with Crippen molar-refractivity contribution >= 4 is 5.82 Å². The Morgan fingerprint density at radius 1 is 1.10 bits per heavy atom. The van der Waals surface area contributed by atoms with Crippen LogP contribution in [0, 0.1) is 6.92 Å². The number of anilines is 1. The Bertz CT molecular complexity index is 389. The summed E-state index contributed by atoms with van der Waals surface area (Å²) >= 11 is 0. The van der Waals surface area contributed by atoms with Crippen LogP contribution in [0.15, 0.2) is 12.1 Å². The van der Waals surface area contributed by atoms with E-state index in [0.29, 0.717) is 13.2 Å². The highest BCUT2D eigenvalue weighted by Crippen LogP contribution is 2.15. The molecule has 0 radical (unpaired) electrons. The van der Waals surface area contributed by atoms with Gasteiger partial charge in [-0.05, 0) is 45.5 Å². The van der Waals surface area contributed by atoms with Gasteiger partial charge in [0.05, 0.1) is 13.2 Å². The molecule has 21 heavy (non-hydrogen) atoms. The van der Waals surface area contributed by atoms with E-state index in [-0.39, 0.29) is 0 Å². The number of hydrogen-bond acceptors (Lipinski definition) is 5. The Hall–Kier alpha value is -1.17. The van der Waals surface area contributed by atoms with Gasteiger partial charge in [-0.2, -0.15) is 0 Å². The van der Waals surface area contributed by atoms with Crippen LogP contribution < -0.4 is 10.2 Å². The SMILES string of the molecule is CCOCCN(CCOCC)c1cc(CNC)cc(C)n1. The van der Waals surface area contributed by atoms with Gasteiger partial charge in [0.25, 0.3) is 0 Å². The van der Waals surface area contributed by atoms with E-state index >= 15 is 0 Å². The molecule has 0 unspecified atom stereocenters. The van der Waals surface area contributed by atoms with Crippen LogP contribution in [-0.4, -0.2) is 51.5 Å². The molecule has 1 rings (SSSR count). The van der Waals surface area contributed by atoms with E-state index in [1.54, 1.807) is 0 Å². The summed E-state index contributed by atoms with van der Waals surface area (Å²) in [5.74, 6) is 1.000. The van der Waals surface area contributed by atoms with Crippen molar-refractivity contribution in [3.8, 4) is 0 Å². The molecule has 0 spiro atoms. The molecule has 5 nitrogen and oxygen atoms in total. The average Bonchev–Trinajstić information content (AvgIpc) is 2.46. The Morgan fingerprint density at radius 3 is 2.24 bits per heavy atom. The van der Waals surface area contributed by atoms with Gasteiger partial charge in [0.1, 0.15) is 5.82 Å². The molecule has 0 saturated heterocycles. The highest BCUT2D eigenvalue weighted by Gasteiger charge is 2.10. The largest absolute Gasteiger partial charge is 0.380 e. The third-order valence-corrected chi connectivity index (χ3v) is 3.12. The van der Waals surface area contributed by atoms with Crippen molar-refractivity contribution in [3.05, 3.63) is 23.4 Å². The lowest BCUT2D eigenvalue weighted by Crippen LogP contribution is -2.32. The maximum absolute atomic E-state index is 5.48. The zero-order valence-corrected chi connectivity index (χ0v) is 13.8. The van der Waals surface area contributed by atoms with Gasteiger partial charge >= 0.3 is 0 Å². The fourth-order valence-electron chi connectivity index (χ4n) is 2.17. The normalized spacial score (nSPS) is 10.9. The summed E-state index contributed by atoms with van der Waals surface area (Å²) in [7, 11) is 1.96. The first-order valence-electron chi connectivity index (χ1n) is 7.73. The minimum atomic E-state index is 0.708. The summed E-state index contributed by atoms with van der Waals surface area (Å²) in [6.07, 6.45) is 0. The molecule has 0 bridgehead atoms. The number of nitrogens with one attached hydrogen (secondary N) is 1. The zero-order chi connectivity index (χ0) is 15.5. The van der Waals surface area contributed by atoms with E-state index in [2.05, 4.69) is 27.3 Å². The fourth-order valence-corrected chi connectivity index (χ4v) is 2.17. The molecule has 0 fully saturated rings. The number of rotatable bonds is 11. The first-order chi connectivity index (χ1) is 10.2. The lowest BCUT2D eigenvalue weighted by atomic mass is 10.2. The van der Waals surface area contributed by atoms with Crippen LogP contribution in [0.3, 0.4) is 0 Å². The van der Waals surface area contributed by atoms with Gasteiger partial charge in [-0.1, -0.05) is 0 Å². The molecule has 0 amide bonds. The maximum Gasteiger partial charge on any atom is 0.129 e. The van der Waals surface area contributed by atoms with E-state index in [1.165, 1.54) is 5.56 Å². The Morgan fingerprint density at radius 2 is 1.71 bits per heavy atom. The maximum atomic E-state index is 5.48. The summed E-state index contributed by atoms with van der Waals surface area (Å²) in [5.41, 5.74) is 2.29. The van der Waals surface area contributed by atoms with Gasteiger partial charge in [-0.3, -0.25) is 0 Å². The van der Waals surface area contributed by atoms with Crippen molar-refractivity contribution in [3.63, 3.8) is 0 Å². The summed E-state index contributed by atoms with van der Waals surface area (Å²) in [4.78, 5) is 6.89. The van der Waals surface area contributed by atoms with Gasteiger partial charge in [0, 0.05) is 38.5 Å². The highest BCUT2D eigenvalue weighted by molar-refractivity contribution is 5.42. The van der Waals surface area contributed by atoms with Gasteiger partial charge in [0.15, 0.2) is 0 Å². The number of aromatic nitrogens is 1. The van der Waals surface area contributed by atoms with Gasteiger partial charge in [-0.25, -0.2) is 4.98 Å². The molecule has 0 aliphatic heterocycles. The molecular formula is C16H29N3O2. The summed E-state index contributed by atoms with van der Waals surface area (Å²) < 4.78 is 11.0. The Balaban J connectivity index is 2.78. The molecule has 0 aliphatic carbocycles. The van der Waals surface area contributed by atoms with Crippen molar-refractivity contribution in [2.24, 2.45) is 0 Å². The van der Waals surface area contributed by atoms with Crippen LogP contribution in [0.25, 0.3) is 0 Å². The van der Waals surface area contributed by atoms with E-state index in [0.717, 1.165) is 44.4 Å². The van der Waals surface area contributed by atoms with Crippen LogP contribution in [-0.2, 0) is 16.0 Å². The van der Waals surface area contributed by atoms with Gasteiger partial charge in [0.2, 0.25) is 0 Å². The van der Waals surface area contributed by atoms with Crippen molar-refractivity contribution in [1.29, 1.82) is 0 Å². The standard InChI is InChI=1S/C16H29N3O2/c1-5-20-9-7-19(8-10-21-6-2)16-12-15(13-17-4)11-14(3)18-16/h11-12,17H,5-10,13H2,1-4H3. The molecule has 0 atom stereocenters. The van der Waals surface area contributed by atoms with Crippen molar-refractivity contribution in [2.45, 2.75) is 27.3 Å². The number of hydrogen-bond donors (Lipinski definition) is 1.